The zero-order valence-electron chi connectivity index (χ0n) is 27.7. The molecule has 1 radical (unpaired) electrons. The first-order chi connectivity index (χ1) is 20.7. The van der Waals surface area contributed by atoms with E-state index in [-0.39, 0.29) is 43.5 Å². The SMILES string of the molecule is CCC(CC)C(=O)/C=C(\O)C(CC)CC.Cc1[c-]c(-c2ncc(C34CC5CC(CC(C5)C3)C4)c3ccccc23)cc(C)c1.[Ir]. The fourth-order valence-corrected chi connectivity index (χ4v) is 9.07. The average Bonchev–Trinajstić information content (AvgIpc) is 2.97. The van der Waals surface area contributed by atoms with Crippen molar-refractivity contribution < 1.29 is 30.0 Å². The third kappa shape index (κ3) is 7.23. The van der Waals surface area contributed by atoms with Crippen molar-refractivity contribution in [2.45, 2.75) is 111 Å². The third-order valence-corrected chi connectivity index (χ3v) is 10.9. The van der Waals surface area contributed by atoms with E-state index in [0.717, 1.165) is 54.7 Å². The Hall–Kier alpha value is -2.29. The maximum atomic E-state index is 11.7. The second kappa shape index (κ2) is 14.9. The quantitative estimate of drug-likeness (QED) is 0.134. The molecule has 7 rings (SSSR count). The third-order valence-electron chi connectivity index (χ3n) is 10.9. The van der Waals surface area contributed by atoms with Crippen molar-refractivity contribution in [2.75, 3.05) is 0 Å². The first-order valence-electron chi connectivity index (χ1n) is 17.0. The molecule has 1 N–H and O–H groups in total. The van der Waals surface area contributed by atoms with Gasteiger partial charge in [-0.3, -0.25) is 4.79 Å². The normalized spacial score (nSPS) is 23.9. The van der Waals surface area contributed by atoms with E-state index in [4.69, 9.17) is 4.98 Å². The number of nitrogens with zero attached hydrogens (tertiary/aromatic N) is 1. The van der Waals surface area contributed by atoms with Crippen molar-refractivity contribution in [1.82, 2.24) is 4.98 Å². The van der Waals surface area contributed by atoms with Gasteiger partial charge in [0.25, 0.3) is 0 Å². The number of aliphatic hydroxyl groups is 1. The molecule has 0 atom stereocenters. The number of carbonyl (C=O) groups is 1. The molecular formula is C40H52IrNO2-. The molecule has 3 nitrogen and oxygen atoms in total. The van der Waals surface area contributed by atoms with Crippen LogP contribution in [-0.4, -0.2) is 15.9 Å². The molecule has 0 unspecified atom stereocenters. The number of ketones is 1. The van der Waals surface area contributed by atoms with Crippen LogP contribution in [0.4, 0.5) is 0 Å². The van der Waals surface area contributed by atoms with Crippen LogP contribution < -0.4 is 0 Å². The molecule has 4 fully saturated rings. The van der Waals surface area contributed by atoms with E-state index >= 15 is 0 Å². The van der Waals surface area contributed by atoms with Crippen LogP contribution in [0.5, 0.6) is 0 Å². The summed E-state index contributed by atoms with van der Waals surface area (Å²) in [5.74, 6) is 3.42. The molecule has 44 heavy (non-hydrogen) atoms. The molecule has 0 amide bonds. The zero-order valence-corrected chi connectivity index (χ0v) is 30.1. The van der Waals surface area contributed by atoms with Gasteiger partial charge in [0.1, 0.15) is 0 Å². The summed E-state index contributed by atoms with van der Waals surface area (Å²) < 4.78 is 0. The molecule has 2 aromatic carbocycles. The fourth-order valence-electron chi connectivity index (χ4n) is 9.07. The van der Waals surface area contributed by atoms with E-state index < -0.39 is 0 Å². The van der Waals surface area contributed by atoms with Gasteiger partial charge in [0.2, 0.25) is 0 Å². The Labute approximate surface area is 279 Å². The molecule has 1 heterocycles. The maximum absolute atomic E-state index is 11.7. The predicted octanol–water partition coefficient (Wildman–Crippen LogP) is 10.7. The summed E-state index contributed by atoms with van der Waals surface area (Å²) in [6.45, 7) is 12.4. The minimum atomic E-state index is 0. The molecule has 0 saturated heterocycles. The smallest absolute Gasteiger partial charge is 0.162 e. The average molecular weight is 771 g/mol. The molecule has 4 bridgehead atoms. The van der Waals surface area contributed by atoms with Gasteiger partial charge in [-0.25, -0.2) is 0 Å². The zero-order chi connectivity index (χ0) is 30.7. The molecule has 0 spiro atoms. The van der Waals surface area contributed by atoms with Gasteiger partial charge in [0.15, 0.2) is 5.78 Å². The molecule has 239 valence electrons. The van der Waals surface area contributed by atoms with Gasteiger partial charge in [-0.1, -0.05) is 65.8 Å². The summed E-state index contributed by atoms with van der Waals surface area (Å²) in [6, 6.07) is 17.0. The molecule has 0 aliphatic heterocycles. The van der Waals surface area contributed by atoms with Crippen molar-refractivity contribution in [3.8, 4) is 11.3 Å². The van der Waals surface area contributed by atoms with Gasteiger partial charge in [-0.05, 0) is 109 Å². The predicted molar refractivity (Wildman–Crippen MR) is 179 cm³/mol. The number of pyridine rings is 1. The topological polar surface area (TPSA) is 50.2 Å². The number of aliphatic hydroxyl groups excluding tert-OH is 1. The standard InChI is InChI=1S/C27H28N.C13H24O2.Ir/c1-17-7-18(2)9-22(8-17)26-24-6-4-3-5-23(24)25(16-28-26)27-13-19-10-20(14-27)12-21(11-19)15-27;1-5-10(6-2)12(14)9-13(15)11(7-3)8-4;/h3-8,16,19-21H,10-15H2,1-2H3;9-11,14H,5-8H2,1-4H3;/q-1;;/b;12-9-;. The van der Waals surface area contributed by atoms with Gasteiger partial charge in [-0.15, -0.1) is 34.9 Å². The Morgan fingerprint density at radius 3 is 1.98 bits per heavy atom. The summed E-state index contributed by atoms with van der Waals surface area (Å²) in [6.07, 6.45) is 15.8. The molecule has 1 aromatic heterocycles. The van der Waals surface area contributed by atoms with Crippen LogP contribution in [0.15, 0.2) is 54.4 Å². The summed E-state index contributed by atoms with van der Waals surface area (Å²) in [5.41, 5.74) is 6.61. The van der Waals surface area contributed by atoms with Gasteiger partial charge < -0.3 is 10.1 Å². The Bertz CT molecular complexity index is 1410. The first-order valence-corrected chi connectivity index (χ1v) is 17.0. The molecule has 4 aliphatic rings. The van der Waals surface area contributed by atoms with Gasteiger partial charge in [0, 0.05) is 44.2 Å². The van der Waals surface area contributed by atoms with Crippen LogP contribution in [0.3, 0.4) is 0 Å². The first kappa shape index (κ1) is 34.6. The molecular weight excluding hydrogens is 719 g/mol. The number of carbonyl (C=O) groups excluding carboxylic acids is 1. The van der Waals surface area contributed by atoms with Crippen molar-refractivity contribution >= 4 is 16.6 Å². The van der Waals surface area contributed by atoms with E-state index in [0.29, 0.717) is 5.41 Å². The van der Waals surface area contributed by atoms with Crippen LogP contribution in [0, 0.1) is 49.5 Å². The number of hydrogen-bond acceptors (Lipinski definition) is 3. The second-order valence-corrected chi connectivity index (χ2v) is 14.0. The number of rotatable bonds is 9. The van der Waals surface area contributed by atoms with E-state index in [1.807, 2.05) is 27.7 Å². The minimum absolute atomic E-state index is 0. The maximum Gasteiger partial charge on any atom is 0.162 e. The number of benzene rings is 2. The number of aromatic nitrogens is 1. The Morgan fingerprint density at radius 1 is 0.909 bits per heavy atom. The fraction of sp³-hybridized carbons (Fsp3) is 0.550. The number of allylic oxidation sites excluding steroid dienone is 2. The number of hydrogen-bond donors (Lipinski definition) is 1. The summed E-state index contributed by atoms with van der Waals surface area (Å²) in [4.78, 5) is 16.8. The van der Waals surface area contributed by atoms with E-state index in [1.54, 1.807) is 0 Å². The van der Waals surface area contributed by atoms with Crippen LogP contribution in [-0.2, 0) is 30.3 Å². The summed E-state index contributed by atoms with van der Waals surface area (Å²) in [7, 11) is 0. The number of fused-ring (bicyclic) bond motifs is 1. The van der Waals surface area contributed by atoms with Crippen molar-refractivity contribution in [2.24, 2.45) is 29.6 Å². The van der Waals surface area contributed by atoms with Gasteiger partial charge >= 0.3 is 0 Å². The van der Waals surface area contributed by atoms with E-state index in [1.165, 1.54) is 72.1 Å². The van der Waals surface area contributed by atoms with E-state index in [9.17, 15) is 9.90 Å². The molecule has 4 saturated carbocycles. The van der Waals surface area contributed by atoms with Crippen LogP contribution in [0.1, 0.15) is 109 Å². The summed E-state index contributed by atoms with van der Waals surface area (Å²) >= 11 is 0. The van der Waals surface area contributed by atoms with Gasteiger partial charge in [0.05, 0.1) is 5.76 Å². The van der Waals surface area contributed by atoms with Crippen molar-refractivity contribution in [1.29, 1.82) is 0 Å². The second-order valence-electron chi connectivity index (χ2n) is 14.0. The van der Waals surface area contributed by atoms with Crippen LogP contribution in [0.25, 0.3) is 22.0 Å². The molecule has 4 heteroatoms. The Balaban J connectivity index is 0.000000239. The number of aryl methyl sites for hydroxylation is 2. The summed E-state index contributed by atoms with van der Waals surface area (Å²) in [5, 5.41) is 12.5. The van der Waals surface area contributed by atoms with E-state index in [2.05, 4.69) is 62.5 Å². The van der Waals surface area contributed by atoms with Gasteiger partial charge in [-0.2, -0.15) is 0 Å². The minimum Gasteiger partial charge on any atom is -0.512 e. The van der Waals surface area contributed by atoms with Crippen molar-refractivity contribution in [3.63, 3.8) is 0 Å². The molecule has 3 aromatic rings. The largest absolute Gasteiger partial charge is 0.512 e. The monoisotopic (exact) mass is 771 g/mol. The Morgan fingerprint density at radius 2 is 1.45 bits per heavy atom. The van der Waals surface area contributed by atoms with Crippen molar-refractivity contribution in [3.05, 3.63) is 77.2 Å². The van der Waals surface area contributed by atoms with Crippen LogP contribution in [0.2, 0.25) is 0 Å². The van der Waals surface area contributed by atoms with Crippen LogP contribution >= 0.6 is 0 Å². The molecule has 4 aliphatic carbocycles. The Kier molecular flexibility index (Phi) is 11.7.